The molecule has 0 atom stereocenters. The van der Waals surface area contributed by atoms with Crippen molar-refractivity contribution in [3.8, 4) is 0 Å². The van der Waals surface area contributed by atoms with Gasteiger partial charge in [-0.3, -0.25) is 4.55 Å². The van der Waals surface area contributed by atoms with E-state index in [2.05, 4.69) is 45.8 Å². The second kappa shape index (κ2) is 6.26. The minimum absolute atomic E-state index is 0.759. The van der Waals surface area contributed by atoms with Gasteiger partial charge in [0.25, 0.3) is 0 Å². The third kappa shape index (κ3) is 4.31. The molecule has 0 radical (unpaired) electrons. The van der Waals surface area contributed by atoms with Crippen LogP contribution in [0.1, 0.15) is 11.1 Å². The zero-order valence-electron chi connectivity index (χ0n) is 9.98. The Balaban J connectivity index is 0.000000221. The van der Waals surface area contributed by atoms with Crippen molar-refractivity contribution in [2.45, 2.75) is 12.1 Å². The molecule has 20 heavy (non-hydrogen) atoms. The monoisotopic (exact) mass is 423 g/mol. The van der Waals surface area contributed by atoms with E-state index in [0.29, 0.717) is 0 Å². The number of hydrogen-bond acceptors (Lipinski definition) is 4. The van der Waals surface area contributed by atoms with Gasteiger partial charge in [-0.2, -0.15) is 21.6 Å². The van der Waals surface area contributed by atoms with Gasteiger partial charge in [0.05, 0.1) is 13.7 Å². The zero-order valence-corrected chi connectivity index (χ0v) is 13.0. The summed E-state index contributed by atoms with van der Waals surface area (Å²) in [5, 5.41) is 0. The molecule has 1 heterocycles. The molecule has 0 amide bonds. The summed E-state index contributed by atoms with van der Waals surface area (Å²) in [5.41, 5.74) is -3.14. The fourth-order valence-corrected chi connectivity index (χ4v) is 1.79. The molecule has 10 heteroatoms. The van der Waals surface area contributed by atoms with E-state index in [1.165, 1.54) is 9.13 Å². The van der Waals surface area contributed by atoms with Crippen molar-refractivity contribution in [2.75, 3.05) is 7.11 Å². The third-order valence-corrected chi connectivity index (χ3v) is 3.44. The molecule has 0 saturated carbocycles. The molecule has 1 N–H and O–H groups in total. The van der Waals surface area contributed by atoms with E-state index in [4.69, 9.17) is 17.7 Å². The molecule has 1 aliphatic heterocycles. The lowest BCUT2D eigenvalue weighted by atomic mass is 10.1. The number of hydrogen-bond donors (Lipinski definition) is 1. The van der Waals surface area contributed by atoms with Gasteiger partial charge in [0.2, 0.25) is 5.90 Å². The molecule has 1 aromatic carbocycles. The van der Waals surface area contributed by atoms with Crippen LogP contribution in [0.15, 0.2) is 23.2 Å². The smallest absolute Gasteiger partial charge is 0.481 e. The average molecular weight is 423 g/mol. The average Bonchev–Trinajstić information content (AvgIpc) is 2.69. The first kappa shape index (κ1) is 17.2. The standard InChI is InChI=1S/C9H8INO.CHF3O3S/c1-12-9-8-4-7(10)3-2-6(8)5-11-9;2-1(3,4)8(5,6)7/h2-4H,5H2,1H3;(H,5,6,7). The number of rotatable bonds is 0. The van der Waals surface area contributed by atoms with Crippen molar-refractivity contribution in [1.29, 1.82) is 0 Å². The summed E-state index contributed by atoms with van der Waals surface area (Å²) in [6, 6.07) is 6.30. The zero-order chi connectivity index (χ0) is 15.6. The first-order chi connectivity index (χ1) is 9.06. The highest BCUT2D eigenvalue weighted by Crippen LogP contribution is 2.21. The summed E-state index contributed by atoms with van der Waals surface area (Å²) in [6.07, 6.45) is 0. The van der Waals surface area contributed by atoms with Gasteiger partial charge in [-0.1, -0.05) is 6.07 Å². The lowest BCUT2D eigenvalue weighted by molar-refractivity contribution is -0.0510. The number of halogens is 4. The van der Waals surface area contributed by atoms with E-state index in [1.54, 1.807) is 7.11 Å². The van der Waals surface area contributed by atoms with E-state index in [0.717, 1.165) is 18.0 Å². The van der Waals surface area contributed by atoms with Crippen LogP contribution in [-0.2, 0) is 21.4 Å². The van der Waals surface area contributed by atoms with Crippen molar-refractivity contribution >= 4 is 38.6 Å². The number of alkyl halides is 3. The molecule has 0 aliphatic carbocycles. The molecule has 1 aliphatic rings. The summed E-state index contributed by atoms with van der Waals surface area (Å²) >= 11 is 2.29. The quantitative estimate of drug-likeness (QED) is 0.396. The predicted octanol–water partition coefficient (Wildman–Crippen LogP) is 2.59. The number of nitrogens with zero attached hydrogens (tertiary/aromatic N) is 1. The molecule has 5 nitrogen and oxygen atoms in total. The van der Waals surface area contributed by atoms with Crippen molar-refractivity contribution in [3.05, 3.63) is 32.9 Å². The molecule has 0 unspecified atom stereocenters. The number of fused-ring (bicyclic) bond motifs is 1. The van der Waals surface area contributed by atoms with Crippen LogP contribution < -0.4 is 0 Å². The van der Waals surface area contributed by atoms with Gasteiger partial charge in [0.15, 0.2) is 0 Å². The molecular weight excluding hydrogens is 414 g/mol. The summed E-state index contributed by atoms with van der Waals surface area (Å²) < 4.78 is 63.9. The van der Waals surface area contributed by atoms with Gasteiger partial charge in [-0.05, 0) is 40.3 Å². The van der Waals surface area contributed by atoms with Gasteiger partial charge in [-0.15, -0.1) is 0 Å². The number of benzene rings is 1. The first-order valence-corrected chi connectivity index (χ1v) is 7.49. The fraction of sp³-hybridized carbons (Fsp3) is 0.300. The summed E-state index contributed by atoms with van der Waals surface area (Å²) in [4.78, 5) is 4.25. The summed E-state index contributed by atoms with van der Waals surface area (Å²) in [7, 11) is -4.18. The highest BCUT2D eigenvalue weighted by molar-refractivity contribution is 14.1. The van der Waals surface area contributed by atoms with Gasteiger partial charge >= 0.3 is 15.6 Å². The third-order valence-electron chi connectivity index (χ3n) is 2.18. The molecule has 0 bridgehead atoms. The Bertz CT molecular complexity index is 628. The van der Waals surface area contributed by atoms with E-state index in [1.807, 2.05) is 0 Å². The normalized spacial score (nSPS) is 14.0. The van der Waals surface area contributed by atoms with E-state index in [-0.39, 0.29) is 0 Å². The minimum atomic E-state index is -5.84. The second-order valence-electron chi connectivity index (χ2n) is 3.55. The van der Waals surface area contributed by atoms with Crippen molar-refractivity contribution in [1.82, 2.24) is 0 Å². The number of ether oxygens (including phenoxy) is 1. The lowest BCUT2D eigenvalue weighted by Gasteiger charge is -2.01. The Labute approximate surface area is 126 Å². The van der Waals surface area contributed by atoms with Crippen LogP contribution in [0.2, 0.25) is 0 Å². The highest BCUT2D eigenvalue weighted by Gasteiger charge is 2.44. The molecule has 0 saturated heterocycles. The van der Waals surface area contributed by atoms with Crippen molar-refractivity contribution in [2.24, 2.45) is 4.99 Å². The summed E-state index contributed by atoms with van der Waals surface area (Å²) in [5.74, 6) is 0.767. The van der Waals surface area contributed by atoms with Crippen LogP contribution in [-0.4, -0.2) is 31.5 Å². The molecule has 0 spiro atoms. The Morgan fingerprint density at radius 2 is 1.95 bits per heavy atom. The van der Waals surface area contributed by atoms with Crippen molar-refractivity contribution in [3.63, 3.8) is 0 Å². The molecular formula is C10H9F3INO4S. The first-order valence-electron chi connectivity index (χ1n) is 4.97. The molecule has 1 aromatic rings. The number of aliphatic imine (C=N–C) groups is 1. The van der Waals surface area contributed by atoms with Crippen LogP contribution in [0, 0.1) is 3.57 Å². The van der Waals surface area contributed by atoms with Crippen molar-refractivity contribution < 1.29 is 30.9 Å². The van der Waals surface area contributed by atoms with Gasteiger partial charge in [-0.25, -0.2) is 4.99 Å². The Kier molecular flexibility index (Phi) is 5.38. The van der Waals surface area contributed by atoms with E-state index < -0.39 is 15.6 Å². The van der Waals surface area contributed by atoms with Crippen LogP contribution >= 0.6 is 22.6 Å². The number of methoxy groups -OCH3 is 1. The predicted molar refractivity (Wildman–Crippen MR) is 74.0 cm³/mol. The molecule has 112 valence electrons. The van der Waals surface area contributed by atoms with E-state index >= 15 is 0 Å². The Morgan fingerprint density at radius 3 is 2.40 bits per heavy atom. The molecule has 0 aromatic heterocycles. The molecule has 2 rings (SSSR count). The van der Waals surface area contributed by atoms with E-state index in [9.17, 15) is 13.2 Å². The largest absolute Gasteiger partial charge is 0.522 e. The SMILES string of the molecule is COC1=NCc2ccc(I)cc21.O=S(=O)(O)C(F)(F)F. The van der Waals surface area contributed by atoms with Gasteiger partial charge in [0.1, 0.15) is 0 Å². The lowest BCUT2D eigenvalue weighted by Crippen LogP contribution is -2.21. The summed E-state index contributed by atoms with van der Waals surface area (Å²) in [6.45, 7) is 0.759. The van der Waals surface area contributed by atoms with Crippen LogP contribution in [0.4, 0.5) is 13.2 Å². The topological polar surface area (TPSA) is 76.0 Å². The highest BCUT2D eigenvalue weighted by atomic mass is 127. The fourth-order valence-electron chi connectivity index (χ4n) is 1.30. The Hall–Kier alpha value is -0.880. The second-order valence-corrected chi connectivity index (χ2v) is 6.21. The molecule has 0 fully saturated rings. The maximum atomic E-state index is 10.7. The maximum absolute atomic E-state index is 10.7. The van der Waals surface area contributed by atoms with Crippen LogP contribution in [0.3, 0.4) is 0 Å². The minimum Gasteiger partial charge on any atom is -0.481 e. The van der Waals surface area contributed by atoms with Crippen LogP contribution in [0.25, 0.3) is 0 Å². The Morgan fingerprint density at radius 1 is 1.40 bits per heavy atom. The van der Waals surface area contributed by atoms with Crippen LogP contribution in [0.5, 0.6) is 0 Å². The van der Waals surface area contributed by atoms with Gasteiger partial charge in [0, 0.05) is 9.13 Å². The van der Waals surface area contributed by atoms with Gasteiger partial charge < -0.3 is 4.74 Å². The maximum Gasteiger partial charge on any atom is 0.522 e.